The van der Waals surface area contributed by atoms with E-state index in [2.05, 4.69) is 10.6 Å². The molecule has 6 nitrogen and oxygen atoms in total. The van der Waals surface area contributed by atoms with Gasteiger partial charge in [0.05, 0.1) is 18.2 Å². The highest BCUT2D eigenvalue weighted by molar-refractivity contribution is 5.95. The Kier molecular flexibility index (Phi) is 5.70. The smallest absolute Gasteiger partial charge is 0.338 e. The number of ether oxygens (including phenoxy) is 2. The molecule has 1 aromatic carbocycles. The molecule has 0 spiro atoms. The molecule has 0 bridgehead atoms. The highest BCUT2D eigenvalue weighted by atomic mass is 19.1. The summed E-state index contributed by atoms with van der Waals surface area (Å²) in [6.45, 7) is 4.30. The Morgan fingerprint density at radius 2 is 2.04 bits per heavy atom. The van der Waals surface area contributed by atoms with Crippen molar-refractivity contribution >= 4 is 12.0 Å². The molecule has 2 amide bonds. The number of hydrogen-bond donors (Lipinski definition) is 2. The van der Waals surface area contributed by atoms with Gasteiger partial charge in [-0.25, -0.2) is 14.0 Å². The van der Waals surface area contributed by atoms with Crippen LogP contribution >= 0.6 is 0 Å². The first-order chi connectivity index (χ1) is 11.0. The fourth-order valence-electron chi connectivity index (χ4n) is 2.32. The molecular formula is C16H19FN2O4. The van der Waals surface area contributed by atoms with Crippen LogP contribution in [0.2, 0.25) is 0 Å². The van der Waals surface area contributed by atoms with Gasteiger partial charge in [-0.3, -0.25) is 0 Å². The zero-order valence-corrected chi connectivity index (χ0v) is 13.0. The van der Waals surface area contributed by atoms with Crippen LogP contribution < -0.4 is 10.6 Å². The summed E-state index contributed by atoms with van der Waals surface area (Å²) in [6.07, 6.45) is 0. The number of rotatable bonds is 6. The maximum Gasteiger partial charge on any atom is 0.338 e. The first kappa shape index (κ1) is 17.0. The van der Waals surface area contributed by atoms with Gasteiger partial charge in [0.25, 0.3) is 0 Å². The number of esters is 1. The van der Waals surface area contributed by atoms with Crippen molar-refractivity contribution in [2.75, 3.05) is 19.8 Å². The number of nitrogens with one attached hydrogen (secondary N) is 2. The van der Waals surface area contributed by atoms with Gasteiger partial charge >= 0.3 is 12.0 Å². The van der Waals surface area contributed by atoms with Crippen LogP contribution in [0.4, 0.5) is 9.18 Å². The summed E-state index contributed by atoms with van der Waals surface area (Å²) in [7, 11) is 0. The molecule has 0 fully saturated rings. The van der Waals surface area contributed by atoms with Gasteiger partial charge in [-0.05, 0) is 19.9 Å². The predicted molar refractivity (Wildman–Crippen MR) is 81.0 cm³/mol. The first-order valence-electron chi connectivity index (χ1n) is 7.32. The van der Waals surface area contributed by atoms with E-state index in [4.69, 9.17) is 9.47 Å². The zero-order valence-electron chi connectivity index (χ0n) is 13.0. The quantitative estimate of drug-likeness (QED) is 0.621. The number of carbonyl (C=O) groups is 2. The van der Waals surface area contributed by atoms with Gasteiger partial charge in [-0.15, -0.1) is 0 Å². The molecule has 0 aliphatic carbocycles. The Labute approximate surface area is 133 Å². The van der Waals surface area contributed by atoms with Gasteiger partial charge in [-0.2, -0.15) is 0 Å². The van der Waals surface area contributed by atoms with E-state index >= 15 is 0 Å². The summed E-state index contributed by atoms with van der Waals surface area (Å²) in [5.41, 5.74) is 0.716. The number of hydrogen-bond acceptors (Lipinski definition) is 4. The van der Waals surface area contributed by atoms with Crippen LogP contribution in [0.5, 0.6) is 0 Å². The lowest BCUT2D eigenvalue weighted by Crippen LogP contribution is -2.45. The van der Waals surface area contributed by atoms with Crippen LogP contribution in [-0.2, 0) is 14.3 Å². The molecule has 124 valence electrons. The lowest BCUT2D eigenvalue weighted by atomic mass is 9.95. The molecule has 23 heavy (non-hydrogen) atoms. The summed E-state index contributed by atoms with van der Waals surface area (Å²) >= 11 is 0. The van der Waals surface area contributed by atoms with Crippen molar-refractivity contribution in [3.05, 3.63) is 46.9 Å². The Hall–Kier alpha value is -2.41. The van der Waals surface area contributed by atoms with Crippen molar-refractivity contribution in [2.45, 2.75) is 19.9 Å². The SMILES string of the molecule is CCOCCOC(=O)C1=C(C)NC(=O)N[C@@H]1c1ccccc1F. The van der Waals surface area contributed by atoms with E-state index < -0.39 is 23.9 Å². The highest BCUT2D eigenvalue weighted by Crippen LogP contribution is 2.29. The largest absolute Gasteiger partial charge is 0.460 e. The summed E-state index contributed by atoms with van der Waals surface area (Å²) in [5, 5.41) is 5.06. The van der Waals surface area contributed by atoms with E-state index in [1.165, 1.54) is 12.1 Å². The van der Waals surface area contributed by atoms with Gasteiger partial charge in [-0.1, -0.05) is 18.2 Å². The van der Waals surface area contributed by atoms with Gasteiger partial charge in [0.2, 0.25) is 0 Å². The summed E-state index contributed by atoms with van der Waals surface area (Å²) in [5.74, 6) is -1.13. The van der Waals surface area contributed by atoms with Crippen LogP contribution in [0.25, 0.3) is 0 Å². The molecule has 1 atom stereocenters. The third-order valence-electron chi connectivity index (χ3n) is 3.37. The van der Waals surface area contributed by atoms with Crippen molar-refractivity contribution in [3.63, 3.8) is 0 Å². The molecule has 2 N–H and O–H groups in total. The van der Waals surface area contributed by atoms with Crippen molar-refractivity contribution in [1.82, 2.24) is 10.6 Å². The van der Waals surface area contributed by atoms with Crippen molar-refractivity contribution in [1.29, 1.82) is 0 Å². The van der Waals surface area contributed by atoms with Gasteiger partial charge in [0.1, 0.15) is 12.4 Å². The molecular weight excluding hydrogens is 303 g/mol. The van der Waals surface area contributed by atoms with Crippen LogP contribution in [0.3, 0.4) is 0 Å². The average molecular weight is 322 g/mol. The number of halogens is 1. The molecule has 0 aromatic heterocycles. The van der Waals surface area contributed by atoms with Crippen molar-refractivity contribution in [3.8, 4) is 0 Å². The second-order valence-corrected chi connectivity index (χ2v) is 4.92. The molecule has 1 aliphatic rings. The number of urea groups is 1. The molecule has 7 heteroatoms. The number of allylic oxidation sites excluding steroid dienone is 1. The first-order valence-corrected chi connectivity index (χ1v) is 7.32. The lowest BCUT2D eigenvalue weighted by Gasteiger charge is -2.28. The summed E-state index contributed by atoms with van der Waals surface area (Å²) in [6, 6.07) is 4.58. The zero-order chi connectivity index (χ0) is 16.8. The Morgan fingerprint density at radius 1 is 1.30 bits per heavy atom. The molecule has 1 heterocycles. The summed E-state index contributed by atoms with van der Waals surface area (Å²) < 4.78 is 24.3. The van der Waals surface area contributed by atoms with Gasteiger partial charge < -0.3 is 20.1 Å². The van der Waals surface area contributed by atoms with E-state index in [1.54, 1.807) is 19.1 Å². The van der Waals surface area contributed by atoms with E-state index in [-0.39, 0.29) is 24.4 Å². The average Bonchev–Trinajstić information content (AvgIpc) is 2.51. The van der Waals surface area contributed by atoms with Crippen molar-refractivity contribution in [2.24, 2.45) is 0 Å². The van der Waals surface area contributed by atoms with Crippen molar-refractivity contribution < 1.29 is 23.5 Å². The van der Waals surface area contributed by atoms with E-state index in [1.807, 2.05) is 6.92 Å². The third-order valence-corrected chi connectivity index (χ3v) is 3.37. The third kappa shape index (κ3) is 4.07. The van der Waals surface area contributed by atoms with Crippen LogP contribution in [0.1, 0.15) is 25.5 Å². The number of benzene rings is 1. The standard InChI is InChI=1S/C16H19FN2O4/c1-3-22-8-9-23-15(20)13-10(2)18-16(21)19-14(13)11-6-4-5-7-12(11)17/h4-7,14H,3,8-9H2,1-2H3,(H2,18,19,21)/t14-/m1/s1. The second kappa shape index (κ2) is 7.73. The van der Waals surface area contributed by atoms with Crippen LogP contribution in [0, 0.1) is 5.82 Å². The Balaban J connectivity index is 2.25. The topological polar surface area (TPSA) is 76.7 Å². The van der Waals surface area contributed by atoms with Crippen LogP contribution in [0.15, 0.2) is 35.5 Å². The number of amides is 2. The van der Waals surface area contributed by atoms with Crippen LogP contribution in [-0.4, -0.2) is 31.8 Å². The molecule has 1 aromatic rings. The monoisotopic (exact) mass is 322 g/mol. The van der Waals surface area contributed by atoms with Gasteiger partial charge in [0, 0.05) is 17.9 Å². The maximum atomic E-state index is 14.1. The van der Waals surface area contributed by atoms with E-state index in [0.717, 1.165) is 0 Å². The fraction of sp³-hybridized carbons (Fsp3) is 0.375. The number of carbonyl (C=O) groups excluding carboxylic acids is 2. The van der Waals surface area contributed by atoms with Gasteiger partial charge in [0.15, 0.2) is 0 Å². The molecule has 2 rings (SSSR count). The second-order valence-electron chi connectivity index (χ2n) is 4.92. The minimum atomic E-state index is -0.899. The molecule has 1 aliphatic heterocycles. The predicted octanol–water partition coefficient (Wildman–Crippen LogP) is 2.03. The minimum absolute atomic E-state index is 0.0847. The normalized spacial score (nSPS) is 17.5. The summed E-state index contributed by atoms with van der Waals surface area (Å²) in [4.78, 5) is 24.0. The molecule has 0 saturated carbocycles. The highest BCUT2D eigenvalue weighted by Gasteiger charge is 2.33. The van der Waals surface area contributed by atoms with E-state index in [0.29, 0.717) is 12.3 Å². The molecule has 0 saturated heterocycles. The molecule has 0 unspecified atom stereocenters. The molecule has 0 radical (unpaired) electrons. The Morgan fingerprint density at radius 3 is 2.74 bits per heavy atom. The Bertz CT molecular complexity index is 630. The lowest BCUT2D eigenvalue weighted by molar-refractivity contribution is -0.141. The maximum absolute atomic E-state index is 14.1. The van der Waals surface area contributed by atoms with E-state index in [9.17, 15) is 14.0 Å². The fourth-order valence-corrected chi connectivity index (χ4v) is 2.32. The minimum Gasteiger partial charge on any atom is -0.460 e.